The molecule has 2 N–H and O–H groups in total. The molecule has 0 atom stereocenters. The molecule has 0 fully saturated rings. The number of ether oxygens (including phenoxy) is 4. The van der Waals surface area contributed by atoms with E-state index >= 15 is 0 Å². The molecular formula is C15H25NO4. The average Bonchev–Trinajstić information content (AvgIpc) is 2.40. The molecule has 5 nitrogen and oxygen atoms in total. The van der Waals surface area contributed by atoms with Crippen molar-refractivity contribution in [1.29, 1.82) is 0 Å². The summed E-state index contributed by atoms with van der Waals surface area (Å²) in [5.41, 5.74) is 6.46. The summed E-state index contributed by atoms with van der Waals surface area (Å²) in [7, 11) is 1.68. The zero-order valence-electron chi connectivity index (χ0n) is 12.6. The molecule has 114 valence electrons. The molecule has 1 aromatic rings. The number of nitrogen functional groups attached to an aromatic ring is 1. The van der Waals surface area contributed by atoms with Crippen LogP contribution in [0.4, 0.5) is 5.69 Å². The van der Waals surface area contributed by atoms with E-state index in [9.17, 15) is 0 Å². The van der Waals surface area contributed by atoms with Gasteiger partial charge in [0.15, 0.2) is 0 Å². The SMILES string of the molecule is COCCCOCCOc1ccc(N)c(OC(C)C)c1. The van der Waals surface area contributed by atoms with Gasteiger partial charge in [0.05, 0.1) is 18.4 Å². The average molecular weight is 283 g/mol. The Morgan fingerprint density at radius 3 is 2.60 bits per heavy atom. The van der Waals surface area contributed by atoms with Crippen LogP contribution in [-0.4, -0.2) is 39.6 Å². The van der Waals surface area contributed by atoms with Crippen molar-refractivity contribution in [3.8, 4) is 11.5 Å². The minimum Gasteiger partial charge on any atom is -0.491 e. The van der Waals surface area contributed by atoms with Gasteiger partial charge in [-0.3, -0.25) is 0 Å². The molecule has 0 spiro atoms. The van der Waals surface area contributed by atoms with Crippen LogP contribution >= 0.6 is 0 Å². The predicted octanol–water partition coefficient (Wildman–Crippen LogP) is 2.49. The third-order valence-electron chi connectivity index (χ3n) is 2.48. The fourth-order valence-electron chi connectivity index (χ4n) is 1.59. The van der Waals surface area contributed by atoms with Gasteiger partial charge < -0.3 is 24.7 Å². The minimum atomic E-state index is 0.0802. The van der Waals surface area contributed by atoms with E-state index in [1.165, 1.54) is 0 Å². The van der Waals surface area contributed by atoms with Crippen LogP contribution in [0.1, 0.15) is 20.3 Å². The lowest BCUT2D eigenvalue weighted by Gasteiger charge is -2.14. The molecule has 0 aliphatic carbocycles. The molecule has 0 aromatic heterocycles. The first kappa shape index (κ1) is 16.6. The first-order chi connectivity index (χ1) is 9.63. The Hall–Kier alpha value is -1.46. The highest BCUT2D eigenvalue weighted by Crippen LogP contribution is 2.27. The number of methoxy groups -OCH3 is 1. The van der Waals surface area contributed by atoms with Crippen LogP contribution < -0.4 is 15.2 Å². The van der Waals surface area contributed by atoms with E-state index in [-0.39, 0.29) is 6.10 Å². The molecule has 0 amide bonds. The van der Waals surface area contributed by atoms with Crippen LogP contribution in [0.15, 0.2) is 18.2 Å². The number of hydrogen-bond acceptors (Lipinski definition) is 5. The number of nitrogens with two attached hydrogens (primary N) is 1. The lowest BCUT2D eigenvalue weighted by molar-refractivity contribution is 0.0805. The zero-order valence-corrected chi connectivity index (χ0v) is 12.6. The molecule has 0 bridgehead atoms. The quantitative estimate of drug-likeness (QED) is 0.528. The van der Waals surface area contributed by atoms with Crippen LogP contribution in [0.25, 0.3) is 0 Å². The Morgan fingerprint density at radius 2 is 1.90 bits per heavy atom. The Balaban J connectivity index is 2.29. The third-order valence-corrected chi connectivity index (χ3v) is 2.48. The first-order valence-electron chi connectivity index (χ1n) is 6.89. The molecule has 0 unspecified atom stereocenters. The molecule has 0 aliphatic heterocycles. The molecule has 0 saturated carbocycles. The van der Waals surface area contributed by atoms with Crippen molar-refractivity contribution in [1.82, 2.24) is 0 Å². The van der Waals surface area contributed by atoms with Crippen LogP contribution in [0, 0.1) is 0 Å². The first-order valence-corrected chi connectivity index (χ1v) is 6.89. The van der Waals surface area contributed by atoms with Gasteiger partial charge in [0.2, 0.25) is 0 Å². The largest absolute Gasteiger partial charge is 0.491 e. The molecule has 1 rings (SSSR count). The Bertz CT molecular complexity index is 382. The molecule has 0 saturated heterocycles. The van der Waals surface area contributed by atoms with E-state index in [2.05, 4.69) is 0 Å². The monoisotopic (exact) mass is 283 g/mol. The van der Waals surface area contributed by atoms with E-state index in [4.69, 9.17) is 24.7 Å². The van der Waals surface area contributed by atoms with E-state index in [1.54, 1.807) is 19.2 Å². The van der Waals surface area contributed by atoms with Crippen molar-refractivity contribution in [2.45, 2.75) is 26.4 Å². The van der Waals surface area contributed by atoms with E-state index in [1.807, 2.05) is 19.9 Å². The van der Waals surface area contributed by atoms with Crippen molar-refractivity contribution >= 4 is 5.69 Å². The molecule has 5 heteroatoms. The van der Waals surface area contributed by atoms with Crippen LogP contribution in [0.3, 0.4) is 0 Å². The summed E-state index contributed by atoms with van der Waals surface area (Å²) in [4.78, 5) is 0. The second-order valence-corrected chi connectivity index (χ2v) is 4.67. The topological polar surface area (TPSA) is 62.9 Å². The van der Waals surface area contributed by atoms with Crippen molar-refractivity contribution in [3.63, 3.8) is 0 Å². The van der Waals surface area contributed by atoms with E-state index in [0.29, 0.717) is 37.9 Å². The molecule has 0 radical (unpaired) electrons. The standard InChI is InChI=1S/C15H25NO4/c1-12(2)20-15-11-13(5-6-14(15)16)19-10-9-18-8-4-7-17-3/h5-6,11-12H,4,7-10,16H2,1-3H3. The Kier molecular flexibility index (Phi) is 7.84. The number of rotatable bonds is 10. The van der Waals surface area contributed by atoms with Gasteiger partial charge in [0, 0.05) is 26.4 Å². The smallest absolute Gasteiger partial charge is 0.146 e. The lowest BCUT2D eigenvalue weighted by Crippen LogP contribution is -2.10. The lowest BCUT2D eigenvalue weighted by atomic mass is 10.3. The fourth-order valence-corrected chi connectivity index (χ4v) is 1.59. The van der Waals surface area contributed by atoms with Crippen molar-refractivity contribution in [3.05, 3.63) is 18.2 Å². The predicted molar refractivity (Wildman–Crippen MR) is 79.4 cm³/mol. The second-order valence-electron chi connectivity index (χ2n) is 4.67. The van der Waals surface area contributed by atoms with Gasteiger partial charge in [-0.25, -0.2) is 0 Å². The third kappa shape index (κ3) is 6.63. The highest BCUT2D eigenvalue weighted by atomic mass is 16.5. The van der Waals surface area contributed by atoms with Crippen LogP contribution in [0.5, 0.6) is 11.5 Å². The normalized spacial score (nSPS) is 10.8. The maximum absolute atomic E-state index is 5.84. The number of anilines is 1. The fraction of sp³-hybridized carbons (Fsp3) is 0.600. The van der Waals surface area contributed by atoms with Crippen molar-refractivity contribution < 1.29 is 18.9 Å². The molecule has 1 aromatic carbocycles. The van der Waals surface area contributed by atoms with Gasteiger partial charge in [-0.1, -0.05) is 0 Å². The molecule has 0 heterocycles. The van der Waals surface area contributed by atoms with Crippen molar-refractivity contribution in [2.24, 2.45) is 0 Å². The number of hydrogen-bond donors (Lipinski definition) is 1. The zero-order chi connectivity index (χ0) is 14.8. The van der Waals surface area contributed by atoms with E-state index < -0.39 is 0 Å². The van der Waals surface area contributed by atoms with Crippen molar-refractivity contribution in [2.75, 3.05) is 39.3 Å². The summed E-state index contributed by atoms with van der Waals surface area (Å²) in [5.74, 6) is 1.38. The van der Waals surface area contributed by atoms with Gasteiger partial charge in [-0.05, 0) is 32.4 Å². The Morgan fingerprint density at radius 1 is 1.10 bits per heavy atom. The van der Waals surface area contributed by atoms with Crippen LogP contribution in [-0.2, 0) is 9.47 Å². The van der Waals surface area contributed by atoms with Gasteiger partial charge in [-0.2, -0.15) is 0 Å². The van der Waals surface area contributed by atoms with Gasteiger partial charge >= 0.3 is 0 Å². The summed E-state index contributed by atoms with van der Waals surface area (Å²) in [6, 6.07) is 5.42. The second kappa shape index (κ2) is 9.44. The van der Waals surface area contributed by atoms with E-state index in [0.717, 1.165) is 12.2 Å². The number of benzene rings is 1. The highest BCUT2D eigenvalue weighted by molar-refractivity contribution is 5.55. The maximum atomic E-state index is 5.84. The summed E-state index contributed by atoms with van der Waals surface area (Å²) < 4.78 is 21.6. The molecular weight excluding hydrogens is 258 g/mol. The van der Waals surface area contributed by atoms with Gasteiger partial charge in [0.25, 0.3) is 0 Å². The maximum Gasteiger partial charge on any atom is 0.146 e. The summed E-state index contributed by atoms with van der Waals surface area (Å²) in [6.45, 7) is 6.36. The molecule has 0 aliphatic rings. The minimum absolute atomic E-state index is 0.0802. The Labute approximate surface area is 121 Å². The summed E-state index contributed by atoms with van der Waals surface area (Å²) in [6.07, 6.45) is 0.974. The summed E-state index contributed by atoms with van der Waals surface area (Å²) in [5, 5.41) is 0. The van der Waals surface area contributed by atoms with Crippen LogP contribution in [0.2, 0.25) is 0 Å². The van der Waals surface area contributed by atoms with Gasteiger partial charge in [-0.15, -0.1) is 0 Å². The highest BCUT2D eigenvalue weighted by Gasteiger charge is 2.05. The van der Waals surface area contributed by atoms with Gasteiger partial charge in [0.1, 0.15) is 18.1 Å². The molecule has 20 heavy (non-hydrogen) atoms. The summed E-state index contributed by atoms with van der Waals surface area (Å²) >= 11 is 0.